The molecule has 2 fully saturated rings. The van der Waals surface area contributed by atoms with E-state index in [1.54, 1.807) is 35.2 Å². The largest absolute Gasteiger partial charge is 0.338 e. The number of nitrogens with one attached hydrogen (secondary N) is 1. The van der Waals surface area contributed by atoms with Gasteiger partial charge in [-0.1, -0.05) is 0 Å². The standard InChI is InChI=1S/C22H23FN6O2/c1-22(23)5-9-27(10-6-22)20(30)16-12-15-4-8-28(19(15)26-13-16)17-2-3-18(25-14-17)29-11-7-24-21(29)31/h2-4,8,12-14H,5-7,9-11H2,1H3,(H,24,31). The molecule has 0 aliphatic carbocycles. The normalized spacial score (nSPS) is 18.5. The molecule has 2 aliphatic heterocycles. The number of fused-ring (bicyclic) bond motifs is 1. The van der Waals surface area contributed by atoms with E-state index in [4.69, 9.17) is 0 Å². The van der Waals surface area contributed by atoms with Crippen LogP contribution in [0.25, 0.3) is 16.7 Å². The minimum atomic E-state index is -1.20. The van der Waals surface area contributed by atoms with Gasteiger partial charge in [0.1, 0.15) is 17.1 Å². The van der Waals surface area contributed by atoms with E-state index < -0.39 is 5.67 Å². The van der Waals surface area contributed by atoms with Crippen LogP contribution in [0.2, 0.25) is 0 Å². The van der Waals surface area contributed by atoms with Crippen molar-refractivity contribution in [1.29, 1.82) is 0 Å². The molecule has 0 bridgehead atoms. The summed E-state index contributed by atoms with van der Waals surface area (Å²) < 4.78 is 15.9. The Morgan fingerprint density at radius 1 is 1.13 bits per heavy atom. The highest BCUT2D eigenvalue weighted by Crippen LogP contribution is 2.27. The number of nitrogens with zero attached hydrogens (tertiary/aromatic N) is 5. The highest BCUT2D eigenvalue weighted by molar-refractivity contribution is 5.97. The van der Waals surface area contributed by atoms with Crippen LogP contribution in [0.15, 0.2) is 42.9 Å². The molecular formula is C22H23FN6O2. The van der Waals surface area contributed by atoms with Crippen LogP contribution < -0.4 is 10.2 Å². The van der Waals surface area contributed by atoms with Crippen molar-refractivity contribution < 1.29 is 14.0 Å². The zero-order chi connectivity index (χ0) is 21.6. The Hall–Kier alpha value is -3.49. The average molecular weight is 422 g/mol. The molecule has 0 spiro atoms. The number of urea groups is 1. The first kappa shape index (κ1) is 19.5. The van der Waals surface area contributed by atoms with Gasteiger partial charge in [0.15, 0.2) is 0 Å². The first-order valence-electron chi connectivity index (χ1n) is 10.4. The van der Waals surface area contributed by atoms with Gasteiger partial charge in [-0.2, -0.15) is 0 Å². The number of likely N-dealkylation sites (tertiary alicyclic amines) is 1. The first-order chi connectivity index (χ1) is 14.9. The van der Waals surface area contributed by atoms with E-state index in [1.807, 2.05) is 29.0 Å². The highest BCUT2D eigenvalue weighted by atomic mass is 19.1. The molecule has 5 heterocycles. The van der Waals surface area contributed by atoms with Crippen molar-refractivity contribution in [2.45, 2.75) is 25.4 Å². The number of pyridine rings is 2. The van der Waals surface area contributed by atoms with Crippen LogP contribution in [0, 0.1) is 0 Å². The van der Waals surface area contributed by atoms with Gasteiger partial charge in [0.05, 0.1) is 17.4 Å². The second kappa shape index (κ2) is 7.33. The Kier molecular flexibility index (Phi) is 4.60. The Labute approximate surface area is 178 Å². The molecular weight excluding hydrogens is 399 g/mol. The third-order valence-electron chi connectivity index (χ3n) is 6.01. The molecule has 2 aliphatic rings. The second-order valence-electron chi connectivity index (χ2n) is 8.29. The summed E-state index contributed by atoms with van der Waals surface area (Å²) in [5.41, 5.74) is 0.822. The summed E-state index contributed by atoms with van der Waals surface area (Å²) in [6.45, 7) is 3.62. The summed E-state index contributed by atoms with van der Waals surface area (Å²) in [5.74, 6) is 0.481. The fourth-order valence-electron chi connectivity index (χ4n) is 4.08. The number of rotatable bonds is 3. The molecule has 5 rings (SSSR count). The van der Waals surface area contributed by atoms with Gasteiger partial charge in [-0.15, -0.1) is 0 Å². The van der Waals surface area contributed by atoms with E-state index in [9.17, 15) is 14.0 Å². The van der Waals surface area contributed by atoms with Crippen LogP contribution in [0.3, 0.4) is 0 Å². The summed E-state index contributed by atoms with van der Waals surface area (Å²) in [7, 11) is 0. The molecule has 0 unspecified atom stereocenters. The maximum atomic E-state index is 14.0. The monoisotopic (exact) mass is 422 g/mol. The van der Waals surface area contributed by atoms with Crippen molar-refractivity contribution in [2.24, 2.45) is 0 Å². The predicted octanol–water partition coefficient (Wildman–Crippen LogP) is 2.91. The van der Waals surface area contributed by atoms with E-state index in [0.717, 1.165) is 11.1 Å². The van der Waals surface area contributed by atoms with Gasteiger partial charge < -0.3 is 10.2 Å². The number of halogens is 1. The summed E-state index contributed by atoms with van der Waals surface area (Å²) in [4.78, 5) is 36.9. The number of carbonyl (C=O) groups excluding carboxylic acids is 2. The minimum absolute atomic E-state index is 0.118. The van der Waals surface area contributed by atoms with E-state index in [1.165, 1.54) is 0 Å². The average Bonchev–Trinajstić information content (AvgIpc) is 3.39. The molecule has 1 N–H and O–H groups in total. The van der Waals surface area contributed by atoms with Crippen LogP contribution in [0.4, 0.5) is 15.0 Å². The lowest BCUT2D eigenvalue weighted by molar-refractivity contribution is 0.0503. The maximum Gasteiger partial charge on any atom is 0.323 e. The lowest BCUT2D eigenvalue weighted by Crippen LogP contribution is -2.43. The van der Waals surface area contributed by atoms with Gasteiger partial charge in [-0.25, -0.2) is 19.2 Å². The van der Waals surface area contributed by atoms with Crippen LogP contribution in [-0.2, 0) is 0 Å². The van der Waals surface area contributed by atoms with E-state index in [-0.39, 0.29) is 11.9 Å². The smallest absolute Gasteiger partial charge is 0.323 e. The number of amides is 3. The third-order valence-corrected chi connectivity index (χ3v) is 6.01. The van der Waals surface area contributed by atoms with Crippen LogP contribution in [0.1, 0.15) is 30.1 Å². The van der Waals surface area contributed by atoms with Gasteiger partial charge in [-0.05, 0) is 44.0 Å². The van der Waals surface area contributed by atoms with Crippen molar-refractivity contribution in [3.8, 4) is 5.69 Å². The van der Waals surface area contributed by atoms with Gasteiger partial charge >= 0.3 is 6.03 Å². The first-order valence-corrected chi connectivity index (χ1v) is 10.4. The lowest BCUT2D eigenvalue weighted by Gasteiger charge is -2.34. The topological polar surface area (TPSA) is 83.4 Å². The Morgan fingerprint density at radius 3 is 2.61 bits per heavy atom. The minimum Gasteiger partial charge on any atom is -0.338 e. The maximum absolute atomic E-state index is 14.0. The fourth-order valence-corrected chi connectivity index (χ4v) is 4.08. The molecule has 31 heavy (non-hydrogen) atoms. The number of hydrogen-bond acceptors (Lipinski definition) is 4. The number of hydrogen-bond donors (Lipinski definition) is 1. The number of piperidine rings is 1. The molecule has 3 aromatic rings. The number of aromatic nitrogens is 3. The predicted molar refractivity (Wildman–Crippen MR) is 114 cm³/mol. The van der Waals surface area contributed by atoms with E-state index in [2.05, 4.69) is 15.3 Å². The number of anilines is 1. The molecule has 8 nitrogen and oxygen atoms in total. The second-order valence-corrected chi connectivity index (χ2v) is 8.29. The molecule has 0 atom stereocenters. The summed E-state index contributed by atoms with van der Waals surface area (Å²) in [6, 6.07) is 7.26. The van der Waals surface area contributed by atoms with Crippen molar-refractivity contribution in [3.63, 3.8) is 0 Å². The van der Waals surface area contributed by atoms with Crippen LogP contribution >= 0.6 is 0 Å². The van der Waals surface area contributed by atoms with Crippen LogP contribution in [-0.4, -0.2) is 63.2 Å². The Bertz CT molecular complexity index is 1150. The van der Waals surface area contributed by atoms with Gasteiger partial charge in [0, 0.05) is 44.0 Å². The Balaban J connectivity index is 1.37. The fraction of sp³-hybridized carbons (Fsp3) is 0.364. The van der Waals surface area contributed by atoms with Crippen molar-refractivity contribution in [1.82, 2.24) is 24.8 Å². The molecule has 2 saturated heterocycles. The molecule has 0 aromatic carbocycles. The van der Waals surface area contributed by atoms with E-state index >= 15 is 0 Å². The molecule has 160 valence electrons. The number of carbonyl (C=O) groups is 2. The van der Waals surface area contributed by atoms with Crippen molar-refractivity contribution >= 4 is 28.8 Å². The zero-order valence-corrected chi connectivity index (χ0v) is 17.2. The van der Waals surface area contributed by atoms with Gasteiger partial charge in [0.25, 0.3) is 5.91 Å². The SMILES string of the molecule is CC1(F)CCN(C(=O)c2cnc3c(ccn3-c3ccc(N4CCNC4=O)nc3)c2)CC1. The third kappa shape index (κ3) is 3.60. The summed E-state index contributed by atoms with van der Waals surface area (Å²) in [5, 5.41) is 3.59. The van der Waals surface area contributed by atoms with E-state index in [0.29, 0.717) is 56.0 Å². The molecule has 3 amide bonds. The molecule has 9 heteroatoms. The summed E-state index contributed by atoms with van der Waals surface area (Å²) in [6.07, 6.45) is 5.85. The quantitative estimate of drug-likeness (QED) is 0.704. The molecule has 0 radical (unpaired) electrons. The van der Waals surface area contributed by atoms with Crippen molar-refractivity contribution in [3.05, 3.63) is 48.4 Å². The molecule has 3 aromatic heterocycles. The summed E-state index contributed by atoms with van der Waals surface area (Å²) >= 11 is 0. The highest BCUT2D eigenvalue weighted by Gasteiger charge is 2.32. The van der Waals surface area contributed by atoms with Crippen LogP contribution in [0.5, 0.6) is 0 Å². The Morgan fingerprint density at radius 2 is 1.94 bits per heavy atom. The lowest BCUT2D eigenvalue weighted by atomic mass is 9.95. The molecule has 0 saturated carbocycles. The number of alkyl halides is 1. The zero-order valence-electron chi connectivity index (χ0n) is 17.2. The van der Waals surface area contributed by atoms with Gasteiger partial charge in [0.2, 0.25) is 0 Å². The van der Waals surface area contributed by atoms with Gasteiger partial charge in [-0.3, -0.25) is 14.3 Å². The van der Waals surface area contributed by atoms with Crippen molar-refractivity contribution in [2.75, 3.05) is 31.1 Å².